The molecule has 1 heterocycles. The first kappa shape index (κ1) is 20.4. The van der Waals surface area contributed by atoms with Crippen molar-refractivity contribution in [2.45, 2.75) is 57.9 Å². The summed E-state index contributed by atoms with van der Waals surface area (Å²) in [5, 5.41) is 2.83. The third kappa shape index (κ3) is 4.91. The lowest BCUT2D eigenvalue weighted by atomic mass is 10.1. The van der Waals surface area contributed by atoms with E-state index < -0.39 is 0 Å². The average molecular weight is 386 g/mol. The Balaban J connectivity index is 1.57. The summed E-state index contributed by atoms with van der Waals surface area (Å²) in [4.78, 5) is 40.7. The fourth-order valence-electron chi connectivity index (χ4n) is 4.37. The van der Waals surface area contributed by atoms with E-state index in [9.17, 15) is 14.4 Å². The van der Waals surface area contributed by atoms with Crippen LogP contribution in [-0.4, -0.2) is 53.7 Å². The molecular weight excluding hydrogens is 354 g/mol. The number of nitrogens with zero attached hydrogens (tertiary/aromatic N) is 2. The smallest absolute Gasteiger partial charge is 0.253 e. The van der Waals surface area contributed by atoms with Crippen molar-refractivity contribution in [2.24, 2.45) is 5.92 Å². The lowest BCUT2D eigenvalue weighted by molar-refractivity contribution is -0.129. The fraction of sp³-hybridized carbons (Fsp3) is 0.591. The molecule has 0 aromatic heterocycles. The Morgan fingerprint density at radius 3 is 2.71 bits per heavy atom. The molecular formula is C22H31N3O3. The predicted molar refractivity (Wildman–Crippen MR) is 109 cm³/mol. The Morgan fingerprint density at radius 1 is 1.25 bits per heavy atom. The number of hydrogen-bond acceptors (Lipinski definition) is 3. The highest BCUT2D eigenvalue weighted by molar-refractivity contribution is 5.97. The van der Waals surface area contributed by atoms with Gasteiger partial charge in [0.2, 0.25) is 11.8 Å². The van der Waals surface area contributed by atoms with E-state index in [0.717, 1.165) is 25.8 Å². The van der Waals surface area contributed by atoms with E-state index in [0.29, 0.717) is 36.7 Å². The highest BCUT2D eigenvalue weighted by atomic mass is 16.2. The van der Waals surface area contributed by atoms with Crippen molar-refractivity contribution >= 4 is 23.4 Å². The summed E-state index contributed by atoms with van der Waals surface area (Å²) in [5.41, 5.74) is 1.19. The highest BCUT2D eigenvalue weighted by Gasteiger charge is 2.36. The van der Waals surface area contributed by atoms with Crippen LogP contribution in [0.3, 0.4) is 0 Å². The van der Waals surface area contributed by atoms with Gasteiger partial charge in [-0.25, -0.2) is 0 Å². The van der Waals surface area contributed by atoms with Gasteiger partial charge in [-0.3, -0.25) is 14.4 Å². The molecule has 0 bridgehead atoms. The maximum atomic E-state index is 12.8. The monoisotopic (exact) mass is 385 g/mol. The zero-order chi connectivity index (χ0) is 20.1. The summed E-state index contributed by atoms with van der Waals surface area (Å²) in [6.07, 6.45) is 6.43. The number of likely N-dealkylation sites (tertiary alicyclic amines) is 1. The van der Waals surface area contributed by atoms with Crippen LogP contribution in [0.25, 0.3) is 0 Å². The molecule has 0 spiro atoms. The van der Waals surface area contributed by atoms with Crippen LogP contribution in [0.15, 0.2) is 24.3 Å². The average Bonchev–Trinajstić information content (AvgIpc) is 3.31. The lowest BCUT2D eigenvalue weighted by Crippen LogP contribution is -2.36. The Bertz CT molecular complexity index is 727. The molecule has 1 aliphatic heterocycles. The van der Waals surface area contributed by atoms with Crippen molar-refractivity contribution in [3.05, 3.63) is 29.8 Å². The van der Waals surface area contributed by atoms with Crippen LogP contribution in [0.1, 0.15) is 62.2 Å². The number of anilines is 1. The van der Waals surface area contributed by atoms with Gasteiger partial charge in [-0.15, -0.1) is 0 Å². The maximum absolute atomic E-state index is 12.8. The summed E-state index contributed by atoms with van der Waals surface area (Å²) in [7, 11) is 1.79. The summed E-state index contributed by atoms with van der Waals surface area (Å²) in [6, 6.07) is 7.46. The van der Waals surface area contributed by atoms with Crippen molar-refractivity contribution < 1.29 is 14.4 Å². The van der Waals surface area contributed by atoms with Gasteiger partial charge < -0.3 is 15.1 Å². The number of rotatable bonds is 7. The molecule has 3 rings (SSSR count). The lowest BCUT2D eigenvalue weighted by Gasteiger charge is -2.25. The minimum absolute atomic E-state index is 0.0445. The van der Waals surface area contributed by atoms with Crippen LogP contribution >= 0.6 is 0 Å². The second-order valence-corrected chi connectivity index (χ2v) is 8.12. The molecule has 1 saturated heterocycles. The van der Waals surface area contributed by atoms with Gasteiger partial charge in [0.15, 0.2) is 0 Å². The quantitative estimate of drug-likeness (QED) is 0.783. The largest absolute Gasteiger partial charge is 0.341 e. The van der Waals surface area contributed by atoms with Crippen molar-refractivity contribution in [3.8, 4) is 0 Å². The fourth-order valence-corrected chi connectivity index (χ4v) is 4.37. The molecule has 1 saturated carbocycles. The van der Waals surface area contributed by atoms with Gasteiger partial charge >= 0.3 is 0 Å². The van der Waals surface area contributed by atoms with Crippen LogP contribution < -0.4 is 5.32 Å². The van der Waals surface area contributed by atoms with Gasteiger partial charge in [0, 0.05) is 56.2 Å². The van der Waals surface area contributed by atoms with Gasteiger partial charge in [0.25, 0.3) is 5.91 Å². The summed E-state index contributed by atoms with van der Waals surface area (Å²) in [5.74, 6) is 0.295. The van der Waals surface area contributed by atoms with Crippen molar-refractivity contribution in [3.63, 3.8) is 0 Å². The molecule has 1 aromatic rings. The molecule has 2 fully saturated rings. The summed E-state index contributed by atoms with van der Waals surface area (Å²) < 4.78 is 0. The van der Waals surface area contributed by atoms with Crippen LogP contribution in [0.2, 0.25) is 0 Å². The Labute approximate surface area is 167 Å². The van der Waals surface area contributed by atoms with Crippen molar-refractivity contribution in [1.29, 1.82) is 0 Å². The first-order chi connectivity index (χ1) is 13.5. The number of carbonyl (C=O) groups excluding carboxylic acids is 3. The van der Waals surface area contributed by atoms with E-state index in [1.54, 1.807) is 36.2 Å². The summed E-state index contributed by atoms with van der Waals surface area (Å²) in [6.45, 7) is 3.28. The minimum atomic E-state index is -0.0849. The molecule has 2 aliphatic rings. The zero-order valence-electron chi connectivity index (χ0n) is 16.9. The normalized spacial score (nSPS) is 19.9. The van der Waals surface area contributed by atoms with Crippen LogP contribution in [0.4, 0.5) is 5.69 Å². The molecule has 6 nitrogen and oxygen atoms in total. The Hall–Kier alpha value is -2.37. The number of amides is 3. The zero-order valence-corrected chi connectivity index (χ0v) is 16.9. The van der Waals surface area contributed by atoms with Gasteiger partial charge in [-0.05, 0) is 37.5 Å². The Morgan fingerprint density at radius 2 is 2.00 bits per heavy atom. The second kappa shape index (κ2) is 9.22. The number of nitrogens with one attached hydrogen (secondary N) is 1. The van der Waals surface area contributed by atoms with E-state index in [2.05, 4.69) is 5.32 Å². The van der Waals surface area contributed by atoms with Gasteiger partial charge in [-0.2, -0.15) is 0 Å². The molecule has 1 aromatic carbocycles. The molecule has 1 atom stereocenters. The number of carbonyl (C=O) groups is 3. The van der Waals surface area contributed by atoms with E-state index in [4.69, 9.17) is 0 Å². The molecule has 28 heavy (non-hydrogen) atoms. The maximum Gasteiger partial charge on any atom is 0.253 e. The molecule has 1 aliphatic carbocycles. The van der Waals surface area contributed by atoms with E-state index in [1.165, 1.54) is 12.8 Å². The minimum Gasteiger partial charge on any atom is -0.341 e. The first-order valence-corrected chi connectivity index (χ1v) is 10.4. The van der Waals surface area contributed by atoms with Gasteiger partial charge in [-0.1, -0.05) is 25.8 Å². The second-order valence-electron chi connectivity index (χ2n) is 8.12. The van der Waals surface area contributed by atoms with Crippen molar-refractivity contribution in [1.82, 2.24) is 9.80 Å². The topological polar surface area (TPSA) is 69.7 Å². The molecule has 1 unspecified atom stereocenters. The third-order valence-electron chi connectivity index (χ3n) is 5.75. The summed E-state index contributed by atoms with van der Waals surface area (Å²) >= 11 is 0. The number of benzene rings is 1. The molecule has 6 heteroatoms. The van der Waals surface area contributed by atoms with E-state index in [-0.39, 0.29) is 23.6 Å². The molecule has 0 radical (unpaired) electrons. The van der Waals surface area contributed by atoms with Gasteiger partial charge in [0.1, 0.15) is 0 Å². The van der Waals surface area contributed by atoms with E-state index in [1.807, 2.05) is 11.8 Å². The van der Waals surface area contributed by atoms with Gasteiger partial charge in [0.05, 0.1) is 0 Å². The predicted octanol–water partition coefficient (Wildman–Crippen LogP) is 3.29. The van der Waals surface area contributed by atoms with E-state index >= 15 is 0 Å². The highest BCUT2D eigenvalue weighted by Crippen LogP contribution is 2.29. The standard InChI is InChI=1S/C22H31N3O3/c1-3-7-20(26)23-18-9-6-8-17(13-18)22(28)24(2)14-16-12-21(27)25(15-16)19-10-4-5-11-19/h6,8-9,13,16,19H,3-5,7,10-12,14-15H2,1-2H3,(H,23,26). The molecule has 152 valence electrons. The first-order valence-electron chi connectivity index (χ1n) is 10.4. The van der Waals surface area contributed by atoms with Crippen LogP contribution in [0, 0.1) is 5.92 Å². The van der Waals surface area contributed by atoms with Crippen LogP contribution in [0.5, 0.6) is 0 Å². The number of hydrogen-bond donors (Lipinski definition) is 1. The third-order valence-corrected chi connectivity index (χ3v) is 5.75. The van der Waals surface area contributed by atoms with Crippen LogP contribution in [-0.2, 0) is 9.59 Å². The Kier molecular flexibility index (Phi) is 6.70. The molecule has 1 N–H and O–H groups in total. The SMILES string of the molecule is CCCC(=O)Nc1cccc(C(=O)N(C)CC2CC(=O)N(C3CCCC3)C2)c1. The molecule has 3 amide bonds. The van der Waals surface area contributed by atoms with Crippen molar-refractivity contribution in [2.75, 3.05) is 25.5 Å².